The molecule has 0 radical (unpaired) electrons. The molecule has 1 aromatic heterocycles. The summed E-state index contributed by atoms with van der Waals surface area (Å²) >= 11 is 5.91. The van der Waals surface area contributed by atoms with Gasteiger partial charge in [-0.25, -0.2) is 4.99 Å². The van der Waals surface area contributed by atoms with E-state index in [9.17, 15) is 4.79 Å². The lowest BCUT2D eigenvalue weighted by Crippen LogP contribution is -2.49. The maximum absolute atomic E-state index is 12.8. The zero-order chi connectivity index (χ0) is 22.1. The summed E-state index contributed by atoms with van der Waals surface area (Å²) in [7, 11) is 0. The van der Waals surface area contributed by atoms with Gasteiger partial charge in [0.2, 0.25) is 5.96 Å². The van der Waals surface area contributed by atoms with Gasteiger partial charge in [0, 0.05) is 22.7 Å². The van der Waals surface area contributed by atoms with E-state index in [-0.39, 0.29) is 17.8 Å². The number of anilines is 1. The Morgan fingerprint density at radius 3 is 2.68 bits per heavy atom. The van der Waals surface area contributed by atoms with Crippen molar-refractivity contribution >= 4 is 29.2 Å². The summed E-state index contributed by atoms with van der Waals surface area (Å²) in [6.07, 6.45) is 4.23. The molecule has 2 aromatic rings. The zero-order valence-electron chi connectivity index (χ0n) is 16.9. The third kappa shape index (κ3) is 6.65. The molecule has 9 nitrogen and oxygen atoms in total. The second-order valence-corrected chi connectivity index (χ2v) is 7.25. The average Bonchev–Trinajstić information content (AvgIpc) is 2.80. The third-order valence-corrected chi connectivity index (χ3v) is 4.83. The Labute approximate surface area is 185 Å². The van der Waals surface area contributed by atoms with E-state index in [4.69, 9.17) is 26.3 Å². The van der Waals surface area contributed by atoms with Gasteiger partial charge < -0.3 is 20.1 Å². The fourth-order valence-corrected chi connectivity index (χ4v) is 2.94. The first-order valence-electron chi connectivity index (χ1n) is 9.78. The van der Waals surface area contributed by atoms with Gasteiger partial charge in [-0.2, -0.15) is 5.26 Å². The summed E-state index contributed by atoms with van der Waals surface area (Å²) in [5.41, 5.74) is 1.02. The number of nitriles is 1. The number of halogens is 1. The van der Waals surface area contributed by atoms with Crippen LogP contribution in [0.5, 0.6) is 0 Å². The van der Waals surface area contributed by atoms with Crippen LogP contribution in [-0.2, 0) is 9.47 Å². The third-order valence-electron chi connectivity index (χ3n) is 4.58. The van der Waals surface area contributed by atoms with Gasteiger partial charge in [0.25, 0.3) is 5.91 Å². The van der Waals surface area contributed by atoms with Crippen molar-refractivity contribution in [2.24, 2.45) is 10.9 Å². The maximum atomic E-state index is 12.8. The van der Waals surface area contributed by atoms with Crippen LogP contribution in [0.1, 0.15) is 23.7 Å². The molecule has 1 aliphatic heterocycles. The lowest BCUT2D eigenvalue weighted by molar-refractivity contribution is -0.211. The normalized spacial score (nSPS) is 19.7. The van der Waals surface area contributed by atoms with Crippen LogP contribution in [0.3, 0.4) is 0 Å². The molecular weight excluding hydrogens is 420 g/mol. The minimum absolute atomic E-state index is 0.113. The molecule has 1 aliphatic rings. The molecule has 0 saturated carbocycles. The van der Waals surface area contributed by atoms with Crippen LogP contribution in [0.4, 0.5) is 5.69 Å². The van der Waals surface area contributed by atoms with E-state index in [1.807, 2.05) is 6.19 Å². The molecule has 1 aromatic carbocycles. The topological polar surface area (TPSA) is 121 Å². The smallest absolute Gasteiger partial charge is 0.253 e. The first-order chi connectivity index (χ1) is 15.1. The number of pyridine rings is 1. The Balaban J connectivity index is 1.82. The zero-order valence-corrected chi connectivity index (χ0v) is 17.7. The van der Waals surface area contributed by atoms with Crippen molar-refractivity contribution in [3.63, 3.8) is 0 Å². The van der Waals surface area contributed by atoms with Crippen LogP contribution < -0.4 is 16.0 Å². The second-order valence-electron chi connectivity index (χ2n) is 6.82. The summed E-state index contributed by atoms with van der Waals surface area (Å²) in [5.74, 6) is 0.00714. The van der Waals surface area contributed by atoms with Crippen LogP contribution in [0.15, 0.2) is 53.8 Å². The number of aliphatic imine (C=N–C) groups is 1. The summed E-state index contributed by atoms with van der Waals surface area (Å²) in [6.45, 7) is 3.03. The standard InChI is InChI=1S/C21H23ClN6O3/c1-2-14-11-30-20(31-12-14)18(27-19(29)15-5-7-16(22)8-6-15)28-21(25-13-23)26-17-4-3-9-24-10-17/h3-10,14,18,20H,2,11-12H2,1H3,(H,27,29)(H2,25,26,28). The number of benzene rings is 1. The summed E-state index contributed by atoms with van der Waals surface area (Å²) in [5, 5.41) is 17.9. The Bertz CT molecular complexity index is 924. The van der Waals surface area contributed by atoms with Gasteiger partial charge in [-0.15, -0.1) is 0 Å². The Morgan fingerprint density at radius 1 is 1.32 bits per heavy atom. The van der Waals surface area contributed by atoms with Gasteiger partial charge in [-0.05, 0) is 42.8 Å². The van der Waals surface area contributed by atoms with E-state index in [0.717, 1.165) is 6.42 Å². The number of amides is 1. The molecule has 1 saturated heterocycles. The predicted octanol–water partition coefficient (Wildman–Crippen LogP) is 2.73. The van der Waals surface area contributed by atoms with Gasteiger partial charge in [-0.1, -0.05) is 18.5 Å². The van der Waals surface area contributed by atoms with E-state index in [1.54, 1.807) is 48.8 Å². The molecule has 3 rings (SSSR count). The number of aromatic nitrogens is 1. The van der Waals surface area contributed by atoms with Gasteiger partial charge in [-0.3, -0.25) is 15.1 Å². The van der Waals surface area contributed by atoms with Crippen molar-refractivity contribution < 1.29 is 14.3 Å². The van der Waals surface area contributed by atoms with E-state index in [0.29, 0.717) is 29.5 Å². The number of carbonyl (C=O) groups excluding carboxylic acids is 1. The molecule has 31 heavy (non-hydrogen) atoms. The first-order valence-corrected chi connectivity index (χ1v) is 10.2. The minimum Gasteiger partial charge on any atom is -0.348 e. The van der Waals surface area contributed by atoms with Gasteiger partial charge in [0.1, 0.15) is 0 Å². The minimum atomic E-state index is -0.916. The molecule has 2 heterocycles. The van der Waals surface area contributed by atoms with E-state index in [2.05, 4.69) is 32.9 Å². The first kappa shape index (κ1) is 22.5. The van der Waals surface area contributed by atoms with Crippen molar-refractivity contribution in [3.8, 4) is 6.19 Å². The van der Waals surface area contributed by atoms with Gasteiger partial charge in [0.05, 0.1) is 25.1 Å². The molecule has 1 atom stereocenters. The van der Waals surface area contributed by atoms with Crippen LogP contribution in [-0.4, -0.2) is 42.5 Å². The molecule has 0 bridgehead atoms. The average molecular weight is 443 g/mol. The summed E-state index contributed by atoms with van der Waals surface area (Å²) in [6, 6.07) is 9.97. The second kappa shape index (κ2) is 11.3. The van der Waals surface area contributed by atoms with E-state index in [1.165, 1.54) is 0 Å². The molecule has 0 spiro atoms. The largest absolute Gasteiger partial charge is 0.348 e. The fraction of sp³-hybridized carbons (Fsp3) is 0.333. The lowest BCUT2D eigenvalue weighted by atomic mass is 10.1. The highest BCUT2D eigenvalue weighted by atomic mass is 35.5. The number of rotatable bonds is 6. The van der Waals surface area contributed by atoms with Crippen molar-refractivity contribution in [3.05, 3.63) is 59.4 Å². The molecule has 1 fully saturated rings. The fourth-order valence-electron chi connectivity index (χ4n) is 2.82. The number of guanidine groups is 1. The highest BCUT2D eigenvalue weighted by molar-refractivity contribution is 6.30. The SMILES string of the molecule is CCC1COC(C(N=C(NC#N)Nc2cccnc2)NC(=O)c2ccc(Cl)cc2)OC1. The Morgan fingerprint density at radius 2 is 2.06 bits per heavy atom. The molecule has 10 heteroatoms. The van der Waals surface area contributed by atoms with Crippen LogP contribution >= 0.6 is 11.6 Å². The van der Waals surface area contributed by atoms with Crippen LogP contribution in [0.2, 0.25) is 5.02 Å². The van der Waals surface area contributed by atoms with Crippen molar-refractivity contribution in [1.82, 2.24) is 15.6 Å². The summed E-state index contributed by atoms with van der Waals surface area (Å²) in [4.78, 5) is 21.3. The molecule has 0 aliphatic carbocycles. The van der Waals surface area contributed by atoms with Gasteiger partial charge >= 0.3 is 0 Å². The van der Waals surface area contributed by atoms with Crippen molar-refractivity contribution in [2.45, 2.75) is 25.8 Å². The number of ether oxygens (including phenoxy) is 2. The van der Waals surface area contributed by atoms with Gasteiger partial charge in [0.15, 0.2) is 18.6 Å². The van der Waals surface area contributed by atoms with Crippen LogP contribution in [0, 0.1) is 17.4 Å². The number of carbonyl (C=O) groups is 1. The molecule has 3 N–H and O–H groups in total. The van der Waals surface area contributed by atoms with E-state index >= 15 is 0 Å². The highest BCUT2D eigenvalue weighted by Crippen LogP contribution is 2.18. The molecular formula is C21H23ClN6O3. The quantitative estimate of drug-likeness (QED) is 0.272. The summed E-state index contributed by atoms with van der Waals surface area (Å²) < 4.78 is 11.6. The van der Waals surface area contributed by atoms with Crippen molar-refractivity contribution in [2.75, 3.05) is 18.5 Å². The molecule has 1 amide bonds. The van der Waals surface area contributed by atoms with E-state index < -0.39 is 12.5 Å². The maximum Gasteiger partial charge on any atom is 0.253 e. The number of hydrogen-bond acceptors (Lipinski definition) is 6. The lowest BCUT2D eigenvalue weighted by Gasteiger charge is -2.32. The highest BCUT2D eigenvalue weighted by Gasteiger charge is 2.30. The Kier molecular flexibility index (Phi) is 8.18. The van der Waals surface area contributed by atoms with Crippen LogP contribution in [0.25, 0.3) is 0 Å². The predicted molar refractivity (Wildman–Crippen MR) is 116 cm³/mol. The number of nitrogens with one attached hydrogen (secondary N) is 3. The van der Waals surface area contributed by atoms with Crippen molar-refractivity contribution in [1.29, 1.82) is 5.26 Å². The number of nitrogens with zero attached hydrogens (tertiary/aromatic N) is 3. The molecule has 162 valence electrons. The Hall–Kier alpha value is -3.19. The molecule has 1 unspecified atom stereocenters. The monoisotopic (exact) mass is 442 g/mol. The number of hydrogen-bond donors (Lipinski definition) is 3.